The zero-order valence-corrected chi connectivity index (χ0v) is 12.5. The largest absolute Gasteiger partial charge is 0.370 e. The zero-order valence-electron chi connectivity index (χ0n) is 12.5. The number of rotatable bonds is 13. The highest BCUT2D eigenvalue weighted by molar-refractivity contribution is 5.73. The fraction of sp³-hybridized carbons (Fsp3) is 0.938. The molecule has 0 aliphatic carbocycles. The van der Waals surface area contributed by atoms with E-state index in [4.69, 9.17) is 5.73 Å². The van der Waals surface area contributed by atoms with Crippen molar-refractivity contribution in [3.05, 3.63) is 0 Å². The number of nitrogens with two attached hydrogens (primary N) is 1. The summed E-state index contributed by atoms with van der Waals surface area (Å²) >= 11 is 0. The Morgan fingerprint density at radius 2 is 1.33 bits per heavy atom. The third kappa shape index (κ3) is 13.5. The molecule has 0 radical (unpaired) electrons. The van der Waals surface area contributed by atoms with Crippen molar-refractivity contribution in [1.29, 1.82) is 0 Å². The fourth-order valence-corrected chi connectivity index (χ4v) is 2.43. The first-order valence-corrected chi connectivity index (χ1v) is 7.95. The van der Waals surface area contributed by atoms with E-state index in [9.17, 15) is 4.79 Å². The molecule has 0 saturated heterocycles. The first-order chi connectivity index (χ1) is 8.66. The van der Waals surface area contributed by atoms with Crippen LogP contribution in [0.2, 0.25) is 0 Å². The van der Waals surface area contributed by atoms with Crippen LogP contribution >= 0.6 is 0 Å². The Hall–Kier alpha value is -0.530. The molecule has 0 heterocycles. The van der Waals surface area contributed by atoms with Gasteiger partial charge in [-0.1, -0.05) is 84.5 Å². The van der Waals surface area contributed by atoms with Crippen LogP contribution in [0.15, 0.2) is 0 Å². The van der Waals surface area contributed by atoms with E-state index >= 15 is 0 Å². The standard InChI is InChI=1S/C16H33NO/c1-3-4-5-6-7-8-9-10-11-12-13-15(2)14-16(17)18/h15H,3-14H2,1-2H3,(H2,17,18). The second-order valence-corrected chi connectivity index (χ2v) is 5.75. The molecule has 1 unspecified atom stereocenters. The van der Waals surface area contributed by atoms with E-state index in [2.05, 4.69) is 13.8 Å². The molecule has 1 atom stereocenters. The maximum atomic E-state index is 10.7. The molecule has 0 aliphatic rings. The van der Waals surface area contributed by atoms with Crippen molar-refractivity contribution in [3.63, 3.8) is 0 Å². The Bertz CT molecular complexity index is 192. The Labute approximate surface area is 114 Å². The van der Waals surface area contributed by atoms with Crippen LogP contribution in [0.5, 0.6) is 0 Å². The van der Waals surface area contributed by atoms with Gasteiger partial charge in [0.2, 0.25) is 5.91 Å². The summed E-state index contributed by atoms with van der Waals surface area (Å²) in [5.74, 6) is 0.311. The average molecular weight is 255 g/mol. The van der Waals surface area contributed by atoms with E-state index in [1.54, 1.807) is 0 Å². The molecule has 0 fully saturated rings. The predicted molar refractivity (Wildman–Crippen MR) is 79.4 cm³/mol. The highest BCUT2D eigenvalue weighted by Crippen LogP contribution is 2.15. The monoisotopic (exact) mass is 255 g/mol. The van der Waals surface area contributed by atoms with Gasteiger partial charge in [-0.25, -0.2) is 0 Å². The van der Waals surface area contributed by atoms with Crippen molar-refractivity contribution in [2.45, 2.75) is 90.9 Å². The number of hydrogen-bond donors (Lipinski definition) is 1. The van der Waals surface area contributed by atoms with Gasteiger partial charge in [0.05, 0.1) is 0 Å². The normalized spacial score (nSPS) is 12.6. The summed E-state index contributed by atoms with van der Waals surface area (Å²) in [4.78, 5) is 10.7. The lowest BCUT2D eigenvalue weighted by molar-refractivity contribution is -0.118. The molecule has 0 rings (SSSR count). The van der Waals surface area contributed by atoms with Crippen molar-refractivity contribution in [1.82, 2.24) is 0 Å². The van der Waals surface area contributed by atoms with Gasteiger partial charge in [-0.2, -0.15) is 0 Å². The number of hydrogen-bond acceptors (Lipinski definition) is 1. The highest BCUT2D eigenvalue weighted by Gasteiger charge is 2.05. The Morgan fingerprint density at radius 3 is 1.78 bits per heavy atom. The first-order valence-electron chi connectivity index (χ1n) is 7.95. The molecule has 2 nitrogen and oxygen atoms in total. The molecular weight excluding hydrogens is 222 g/mol. The second kappa shape index (κ2) is 12.9. The number of primary amides is 1. The zero-order chi connectivity index (χ0) is 13.6. The summed E-state index contributed by atoms with van der Waals surface area (Å²) < 4.78 is 0. The Balaban J connectivity index is 3.09. The minimum absolute atomic E-state index is 0.158. The summed E-state index contributed by atoms with van der Waals surface area (Å²) in [5, 5.41) is 0. The number of carbonyl (C=O) groups is 1. The molecule has 108 valence electrons. The molecule has 2 heteroatoms. The molecule has 1 amide bonds. The van der Waals surface area contributed by atoms with Crippen LogP contribution in [0, 0.1) is 5.92 Å². The number of unbranched alkanes of at least 4 members (excludes halogenated alkanes) is 9. The van der Waals surface area contributed by atoms with Crippen molar-refractivity contribution >= 4 is 5.91 Å². The van der Waals surface area contributed by atoms with Crippen LogP contribution in [-0.2, 0) is 4.79 Å². The molecular formula is C16H33NO. The highest BCUT2D eigenvalue weighted by atomic mass is 16.1. The van der Waals surface area contributed by atoms with Gasteiger partial charge in [0.1, 0.15) is 0 Å². The van der Waals surface area contributed by atoms with Crippen LogP contribution in [-0.4, -0.2) is 5.91 Å². The van der Waals surface area contributed by atoms with Crippen LogP contribution in [0.1, 0.15) is 90.9 Å². The lowest BCUT2D eigenvalue weighted by atomic mass is 9.98. The van der Waals surface area contributed by atoms with E-state index in [-0.39, 0.29) is 5.91 Å². The van der Waals surface area contributed by atoms with Gasteiger partial charge < -0.3 is 5.73 Å². The van der Waals surface area contributed by atoms with Crippen LogP contribution < -0.4 is 5.73 Å². The molecule has 18 heavy (non-hydrogen) atoms. The lowest BCUT2D eigenvalue weighted by Crippen LogP contribution is -2.14. The van der Waals surface area contributed by atoms with Crippen molar-refractivity contribution in [2.75, 3.05) is 0 Å². The molecule has 0 saturated carbocycles. The Morgan fingerprint density at radius 1 is 0.889 bits per heavy atom. The number of amides is 1. The van der Waals surface area contributed by atoms with Crippen LogP contribution in [0.4, 0.5) is 0 Å². The average Bonchev–Trinajstić information content (AvgIpc) is 2.30. The minimum Gasteiger partial charge on any atom is -0.370 e. The molecule has 2 N–H and O–H groups in total. The van der Waals surface area contributed by atoms with E-state index in [1.165, 1.54) is 64.2 Å². The van der Waals surface area contributed by atoms with Gasteiger partial charge in [-0.15, -0.1) is 0 Å². The minimum atomic E-state index is -0.158. The maximum absolute atomic E-state index is 10.7. The van der Waals surface area contributed by atoms with Crippen molar-refractivity contribution in [3.8, 4) is 0 Å². The summed E-state index contributed by atoms with van der Waals surface area (Å²) in [6, 6.07) is 0. The second-order valence-electron chi connectivity index (χ2n) is 5.75. The Kier molecular flexibility index (Phi) is 12.5. The van der Waals surface area contributed by atoms with Crippen LogP contribution in [0.3, 0.4) is 0 Å². The molecule has 0 aromatic rings. The number of carbonyl (C=O) groups excluding carboxylic acids is 1. The van der Waals surface area contributed by atoms with E-state index in [0.29, 0.717) is 12.3 Å². The van der Waals surface area contributed by atoms with E-state index in [1.807, 2.05) is 0 Å². The smallest absolute Gasteiger partial charge is 0.217 e. The molecule has 0 aromatic carbocycles. The first kappa shape index (κ1) is 17.5. The van der Waals surface area contributed by atoms with Crippen LogP contribution in [0.25, 0.3) is 0 Å². The third-order valence-corrected chi connectivity index (χ3v) is 3.60. The van der Waals surface area contributed by atoms with Crippen molar-refractivity contribution in [2.24, 2.45) is 11.7 Å². The van der Waals surface area contributed by atoms with Gasteiger partial charge in [0.15, 0.2) is 0 Å². The quantitative estimate of drug-likeness (QED) is 0.472. The van der Waals surface area contributed by atoms with Gasteiger partial charge in [0, 0.05) is 6.42 Å². The maximum Gasteiger partial charge on any atom is 0.217 e. The fourth-order valence-electron chi connectivity index (χ4n) is 2.43. The lowest BCUT2D eigenvalue weighted by Gasteiger charge is -2.08. The molecule has 0 aromatic heterocycles. The van der Waals surface area contributed by atoms with E-state index in [0.717, 1.165) is 6.42 Å². The predicted octanol–water partition coefficient (Wildman–Crippen LogP) is 4.81. The topological polar surface area (TPSA) is 43.1 Å². The summed E-state index contributed by atoms with van der Waals surface area (Å²) in [6.07, 6.45) is 15.4. The van der Waals surface area contributed by atoms with Crippen molar-refractivity contribution < 1.29 is 4.79 Å². The van der Waals surface area contributed by atoms with E-state index < -0.39 is 0 Å². The molecule has 0 bridgehead atoms. The van der Waals surface area contributed by atoms with Gasteiger partial charge in [-0.3, -0.25) is 4.79 Å². The van der Waals surface area contributed by atoms with Gasteiger partial charge in [-0.05, 0) is 5.92 Å². The summed E-state index contributed by atoms with van der Waals surface area (Å²) in [5.41, 5.74) is 5.17. The van der Waals surface area contributed by atoms with Gasteiger partial charge in [0.25, 0.3) is 0 Å². The SMILES string of the molecule is CCCCCCCCCCCCC(C)CC(N)=O. The summed E-state index contributed by atoms with van der Waals surface area (Å²) in [6.45, 7) is 4.39. The summed E-state index contributed by atoms with van der Waals surface area (Å²) in [7, 11) is 0. The molecule has 0 spiro atoms. The van der Waals surface area contributed by atoms with Gasteiger partial charge >= 0.3 is 0 Å². The third-order valence-electron chi connectivity index (χ3n) is 3.60. The molecule has 0 aliphatic heterocycles.